The van der Waals surface area contributed by atoms with Crippen LogP contribution in [0, 0.1) is 30.9 Å². The molecule has 0 aliphatic heterocycles. The lowest BCUT2D eigenvalue weighted by molar-refractivity contribution is -0.620. The molecule has 2 aliphatic carbocycles. The molecule has 1 N–H and O–H groups in total. The molecule has 2 aliphatic rings. The molecular formula is C14H21N3O2. The molecule has 2 bridgehead atoms. The highest BCUT2D eigenvalue weighted by Crippen LogP contribution is 2.49. The third-order valence-corrected chi connectivity index (χ3v) is 5.05. The van der Waals surface area contributed by atoms with Crippen LogP contribution in [0.1, 0.15) is 49.4 Å². The van der Waals surface area contributed by atoms with Gasteiger partial charge in [0.15, 0.2) is 0 Å². The van der Waals surface area contributed by atoms with E-state index < -0.39 is 0 Å². The van der Waals surface area contributed by atoms with Crippen LogP contribution >= 0.6 is 0 Å². The van der Waals surface area contributed by atoms with Gasteiger partial charge < -0.3 is 10.4 Å². The zero-order valence-corrected chi connectivity index (χ0v) is 11.8. The second-order valence-corrected chi connectivity index (χ2v) is 5.84. The molecule has 2 fully saturated rings. The molecule has 0 unspecified atom stereocenters. The topological polar surface area (TPSA) is 64.5 Å². The average molecular weight is 263 g/mol. The van der Waals surface area contributed by atoms with Crippen LogP contribution in [0.3, 0.4) is 0 Å². The summed E-state index contributed by atoms with van der Waals surface area (Å²) in [5.74, 6) is 1.72. The Kier molecular flexibility index (Phi) is 2.80. The third-order valence-electron chi connectivity index (χ3n) is 5.05. The van der Waals surface area contributed by atoms with Crippen molar-refractivity contribution in [2.24, 2.45) is 17.0 Å². The largest absolute Gasteiger partial charge is 0.711 e. The molecule has 3 atom stereocenters. The van der Waals surface area contributed by atoms with Gasteiger partial charge in [-0.2, -0.15) is 0 Å². The average Bonchev–Trinajstić information content (AvgIpc) is 3.06. The van der Waals surface area contributed by atoms with Gasteiger partial charge in [0.25, 0.3) is 5.82 Å². The fourth-order valence-electron chi connectivity index (χ4n) is 4.03. The van der Waals surface area contributed by atoms with E-state index in [0.29, 0.717) is 18.3 Å². The van der Waals surface area contributed by atoms with E-state index in [9.17, 15) is 10.4 Å². The third kappa shape index (κ3) is 1.53. The second-order valence-electron chi connectivity index (χ2n) is 5.84. The zero-order chi connectivity index (χ0) is 13.7. The number of imidazole rings is 1. The van der Waals surface area contributed by atoms with Crippen LogP contribution in [-0.4, -0.2) is 15.5 Å². The van der Waals surface area contributed by atoms with Crippen LogP contribution in [-0.2, 0) is 6.42 Å². The Balaban J connectivity index is 2.15. The van der Waals surface area contributed by atoms with E-state index in [1.165, 1.54) is 6.42 Å². The minimum Gasteiger partial charge on any atom is -0.711 e. The lowest BCUT2D eigenvalue weighted by atomic mass is 9.92. The lowest BCUT2D eigenvalue weighted by Crippen LogP contribution is -2.35. The fourth-order valence-corrected chi connectivity index (χ4v) is 4.03. The smallest absolute Gasteiger partial charge is 0.260 e. The minimum absolute atomic E-state index is 0.0904. The molecule has 1 aromatic heterocycles. The lowest BCUT2D eigenvalue weighted by Gasteiger charge is -2.22. The summed E-state index contributed by atoms with van der Waals surface area (Å²) in [7, 11) is 0. The van der Waals surface area contributed by atoms with Gasteiger partial charge in [-0.1, -0.05) is 12.1 Å². The number of aromatic nitrogens is 2. The molecule has 1 heterocycles. The van der Waals surface area contributed by atoms with Gasteiger partial charge in [-0.05, 0) is 19.3 Å². The molecule has 0 amide bonds. The van der Waals surface area contributed by atoms with Crippen molar-refractivity contribution in [1.29, 1.82) is 0 Å². The summed E-state index contributed by atoms with van der Waals surface area (Å²) >= 11 is 0. The maximum absolute atomic E-state index is 12.2. The zero-order valence-electron chi connectivity index (χ0n) is 11.8. The molecule has 0 aromatic carbocycles. The van der Waals surface area contributed by atoms with E-state index in [1.807, 2.05) is 20.8 Å². The number of hydrogen-bond donors (Lipinski definition) is 1. The first-order valence-electron chi connectivity index (χ1n) is 7.11. The van der Waals surface area contributed by atoms with Gasteiger partial charge in [-0.3, -0.25) is 0 Å². The molecule has 0 spiro atoms. The van der Waals surface area contributed by atoms with Crippen molar-refractivity contribution in [3.8, 4) is 0 Å². The van der Waals surface area contributed by atoms with Crippen LogP contribution in [0.2, 0.25) is 0 Å². The highest BCUT2D eigenvalue weighted by Gasteiger charge is 2.50. The Hall–Kier alpha value is -1.52. The van der Waals surface area contributed by atoms with Crippen LogP contribution in [0.5, 0.6) is 0 Å². The van der Waals surface area contributed by atoms with Crippen LogP contribution < -0.4 is 4.73 Å². The Bertz CT molecular complexity index is 547. The maximum Gasteiger partial charge on any atom is 0.260 e. The second kappa shape index (κ2) is 4.25. The molecule has 19 heavy (non-hydrogen) atoms. The summed E-state index contributed by atoms with van der Waals surface area (Å²) in [6, 6.07) is 0.0904. The summed E-state index contributed by atoms with van der Waals surface area (Å²) in [6.07, 6.45) is 4.10. The van der Waals surface area contributed by atoms with E-state index >= 15 is 0 Å². The number of hydrogen-bond acceptors (Lipinski definition) is 3. The van der Waals surface area contributed by atoms with E-state index in [2.05, 4.69) is 9.72 Å². The van der Waals surface area contributed by atoms with Crippen LogP contribution in [0.15, 0.2) is 5.16 Å². The molecule has 5 heteroatoms. The van der Waals surface area contributed by atoms with Crippen molar-refractivity contribution < 1.29 is 9.94 Å². The van der Waals surface area contributed by atoms with Gasteiger partial charge in [-0.25, -0.2) is 9.30 Å². The van der Waals surface area contributed by atoms with Gasteiger partial charge in [0.1, 0.15) is 23.1 Å². The molecule has 0 radical (unpaired) electrons. The summed E-state index contributed by atoms with van der Waals surface area (Å²) < 4.78 is 3.16. The van der Waals surface area contributed by atoms with Crippen molar-refractivity contribution in [2.75, 3.05) is 0 Å². The van der Waals surface area contributed by atoms with Crippen molar-refractivity contribution in [3.05, 3.63) is 22.4 Å². The minimum atomic E-state index is 0.0904. The van der Waals surface area contributed by atoms with E-state index in [4.69, 9.17) is 0 Å². The monoisotopic (exact) mass is 263 g/mol. The predicted molar refractivity (Wildman–Crippen MR) is 71.3 cm³/mol. The Morgan fingerprint density at radius 2 is 2.16 bits per heavy atom. The van der Waals surface area contributed by atoms with E-state index in [1.54, 1.807) is 0 Å². The van der Waals surface area contributed by atoms with Crippen LogP contribution in [0.25, 0.3) is 0 Å². The van der Waals surface area contributed by atoms with E-state index in [0.717, 1.165) is 40.5 Å². The number of nitrogens with zero attached hydrogens (tertiary/aromatic N) is 3. The number of oxime groups is 1. The standard InChI is InChI=1S/C14H21N3O2/c1-4-12-16(8(2)9(3)17(12)19)14-11-6-5-10(7-11)13(14)15-18/h10-11,14,18H,4-7H2,1-3H3/b15-13-/t10-,11+,14-/m0/s1. The molecule has 2 saturated carbocycles. The normalized spacial score (nSPS) is 31.5. The Morgan fingerprint density at radius 3 is 2.79 bits per heavy atom. The summed E-state index contributed by atoms with van der Waals surface area (Å²) in [4.78, 5) is 0. The van der Waals surface area contributed by atoms with Crippen molar-refractivity contribution in [1.82, 2.24) is 4.57 Å². The summed E-state index contributed by atoms with van der Waals surface area (Å²) in [5.41, 5.74) is 2.65. The molecule has 0 saturated heterocycles. The first-order chi connectivity index (χ1) is 9.10. The van der Waals surface area contributed by atoms with Gasteiger partial charge in [-0.15, -0.1) is 0 Å². The highest BCUT2D eigenvalue weighted by molar-refractivity contribution is 5.93. The van der Waals surface area contributed by atoms with Crippen molar-refractivity contribution in [3.63, 3.8) is 0 Å². The van der Waals surface area contributed by atoms with Crippen molar-refractivity contribution in [2.45, 2.75) is 52.5 Å². The number of fused-ring (bicyclic) bond motifs is 2. The first kappa shape index (κ1) is 12.5. The molecular weight excluding hydrogens is 242 g/mol. The van der Waals surface area contributed by atoms with Gasteiger partial charge in [0.2, 0.25) is 0 Å². The molecule has 1 aromatic rings. The maximum atomic E-state index is 12.2. The van der Waals surface area contributed by atoms with Crippen molar-refractivity contribution >= 4 is 5.71 Å². The van der Waals surface area contributed by atoms with Crippen LogP contribution in [0.4, 0.5) is 0 Å². The highest BCUT2D eigenvalue weighted by atomic mass is 16.5. The van der Waals surface area contributed by atoms with E-state index in [-0.39, 0.29) is 6.04 Å². The molecule has 5 nitrogen and oxygen atoms in total. The molecule has 104 valence electrons. The summed E-state index contributed by atoms with van der Waals surface area (Å²) in [6.45, 7) is 5.85. The predicted octanol–water partition coefficient (Wildman–Crippen LogP) is 2.10. The quantitative estimate of drug-likeness (QED) is 0.384. The fraction of sp³-hybridized carbons (Fsp3) is 0.714. The SMILES string of the molecule is CCc1n([C@@H]2/C(=N\O)[C@H]3CC[C@@H]2C3)c(C)c(C)[n+]1[O-]. The Labute approximate surface area is 113 Å². The number of rotatable bonds is 2. The first-order valence-corrected chi connectivity index (χ1v) is 7.11. The van der Waals surface area contributed by atoms with Gasteiger partial charge in [0, 0.05) is 32.1 Å². The molecule has 3 rings (SSSR count). The van der Waals surface area contributed by atoms with Gasteiger partial charge in [0.05, 0.1) is 0 Å². The van der Waals surface area contributed by atoms with Gasteiger partial charge >= 0.3 is 0 Å². The Morgan fingerprint density at radius 1 is 1.42 bits per heavy atom. The summed E-state index contributed by atoms with van der Waals surface area (Å²) in [5, 5.41) is 25.1.